The summed E-state index contributed by atoms with van der Waals surface area (Å²) in [7, 11) is 0. The van der Waals surface area contributed by atoms with Gasteiger partial charge in [0.25, 0.3) is 5.91 Å². The molecule has 1 saturated carbocycles. The SMILES string of the molecule is Cc1cccc(C(=O)NC2(CN)CCC2)c1O. The van der Waals surface area contributed by atoms with Crippen molar-refractivity contribution in [2.75, 3.05) is 6.54 Å². The highest BCUT2D eigenvalue weighted by molar-refractivity contribution is 5.97. The minimum Gasteiger partial charge on any atom is -0.507 e. The Morgan fingerprint density at radius 1 is 1.53 bits per heavy atom. The maximum atomic E-state index is 12.1. The molecule has 1 aromatic carbocycles. The molecule has 0 bridgehead atoms. The third-order valence-corrected chi connectivity index (χ3v) is 3.56. The zero-order chi connectivity index (χ0) is 12.5. The van der Waals surface area contributed by atoms with Crippen molar-refractivity contribution >= 4 is 5.91 Å². The van der Waals surface area contributed by atoms with E-state index in [0.29, 0.717) is 17.7 Å². The Labute approximate surface area is 101 Å². The molecule has 0 atom stereocenters. The van der Waals surface area contributed by atoms with Crippen molar-refractivity contribution in [2.45, 2.75) is 31.7 Å². The lowest BCUT2D eigenvalue weighted by molar-refractivity contribution is 0.0834. The number of carbonyl (C=O) groups excluding carboxylic acids is 1. The first-order valence-corrected chi connectivity index (χ1v) is 5.89. The highest BCUT2D eigenvalue weighted by atomic mass is 16.3. The fourth-order valence-corrected chi connectivity index (χ4v) is 2.13. The molecule has 1 amide bonds. The molecule has 1 aliphatic carbocycles. The summed E-state index contributed by atoms with van der Waals surface area (Å²) >= 11 is 0. The van der Waals surface area contributed by atoms with Crippen LogP contribution in [0.15, 0.2) is 18.2 Å². The van der Waals surface area contributed by atoms with Crippen molar-refractivity contribution in [3.63, 3.8) is 0 Å². The van der Waals surface area contributed by atoms with Gasteiger partial charge in [-0.2, -0.15) is 0 Å². The van der Waals surface area contributed by atoms with Gasteiger partial charge in [0.05, 0.1) is 11.1 Å². The monoisotopic (exact) mass is 234 g/mol. The predicted molar refractivity (Wildman–Crippen MR) is 65.9 cm³/mol. The van der Waals surface area contributed by atoms with Crippen molar-refractivity contribution in [2.24, 2.45) is 5.73 Å². The molecule has 0 radical (unpaired) electrons. The van der Waals surface area contributed by atoms with Gasteiger partial charge in [-0.25, -0.2) is 0 Å². The normalized spacial score (nSPS) is 17.3. The molecule has 1 fully saturated rings. The van der Waals surface area contributed by atoms with E-state index in [1.807, 2.05) is 0 Å². The molecule has 17 heavy (non-hydrogen) atoms. The maximum absolute atomic E-state index is 12.1. The van der Waals surface area contributed by atoms with Crippen LogP contribution in [0.3, 0.4) is 0 Å². The van der Waals surface area contributed by atoms with E-state index in [4.69, 9.17) is 5.73 Å². The first-order chi connectivity index (χ1) is 8.08. The van der Waals surface area contributed by atoms with Crippen LogP contribution in [0.4, 0.5) is 0 Å². The lowest BCUT2D eigenvalue weighted by Crippen LogP contribution is -2.58. The molecule has 0 unspecified atom stereocenters. The largest absolute Gasteiger partial charge is 0.507 e. The maximum Gasteiger partial charge on any atom is 0.255 e. The van der Waals surface area contributed by atoms with E-state index < -0.39 is 0 Å². The number of hydrogen-bond acceptors (Lipinski definition) is 3. The van der Waals surface area contributed by atoms with Crippen molar-refractivity contribution < 1.29 is 9.90 Å². The summed E-state index contributed by atoms with van der Waals surface area (Å²) in [4.78, 5) is 12.1. The number of aromatic hydroxyl groups is 1. The second kappa shape index (κ2) is 4.37. The van der Waals surface area contributed by atoms with Gasteiger partial charge in [-0.05, 0) is 37.8 Å². The van der Waals surface area contributed by atoms with Gasteiger partial charge in [-0.15, -0.1) is 0 Å². The Morgan fingerprint density at radius 2 is 2.24 bits per heavy atom. The smallest absolute Gasteiger partial charge is 0.255 e. The van der Waals surface area contributed by atoms with Gasteiger partial charge in [0.2, 0.25) is 0 Å². The van der Waals surface area contributed by atoms with Gasteiger partial charge in [0.1, 0.15) is 5.75 Å². The van der Waals surface area contributed by atoms with Crippen LogP contribution in [-0.4, -0.2) is 23.1 Å². The molecule has 4 nitrogen and oxygen atoms in total. The molecular formula is C13H18N2O2. The molecule has 1 aliphatic rings. The number of rotatable bonds is 3. The molecule has 0 heterocycles. The second-order valence-electron chi connectivity index (χ2n) is 4.76. The molecular weight excluding hydrogens is 216 g/mol. The standard InChI is InChI=1S/C13H18N2O2/c1-9-4-2-5-10(11(9)16)12(17)15-13(8-14)6-3-7-13/h2,4-5,16H,3,6-8,14H2,1H3,(H,15,17). The average Bonchev–Trinajstić information content (AvgIpc) is 2.27. The molecule has 0 saturated heterocycles. The third-order valence-electron chi connectivity index (χ3n) is 3.56. The molecule has 92 valence electrons. The van der Waals surface area contributed by atoms with E-state index in [9.17, 15) is 9.90 Å². The van der Waals surface area contributed by atoms with E-state index in [2.05, 4.69) is 5.32 Å². The molecule has 1 aromatic rings. The Morgan fingerprint density at radius 3 is 2.76 bits per heavy atom. The number of phenolic OH excluding ortho intramolecular Hbond substituents is 1. The van der Waals surface area contributed by atoms with E-state index in [0.717, 1.165) is 19.3 Å². The van der Waals surface area contributed by atoms with Gasteiger partial charge in [-0.1, -0.05) is 12.1 Å². The first-order valence-electron chi connectivity index (χ1n) is 5.89. The number of nitrogens with two attached hydrogens (primary N) is 1. The van der Waals surface area contributed by atoms with Crippen molar-refractivity contribution in [3.05, 3.63) is 29.3 Å². The minimum absolute atomic E-state index is 0.0523. The highest BCUT2D eigenvalue weighted by Crippen LogP contribution is 2.31. The van der Waals surface area contributed by atoms with Gasteiger partial charge in [0, 0.05) is 6.54 Å². The van der Waals surface area contributed by atoms with Crippen LogP contribution < -0.4 is 11.1 Å². The number of para-hydroxylation sites is 1. The lowest BCUT2D eigenvalue weighted by atomic mass is 9.76. The van der Waals surface area contributed by atoms with Crippen LogP contribution in [0, 0.1) is 6.92 Å². The Balaban J connectivity index is 2.17. The van der Waals surface area contributed by atoms with Crippen LogP contribution in [-0.2, 0) is 0 Å². The quantitative estimate of drug-likeness (QED) is 0.738. The van der Waals surface area contributed by atoms with Crippen molar-refractivity contribution in [1.82, 2.24) is 5.32 Å². The Hall–Kier alpha value is -1.55. The van der Waals surface area contributed by atoms with E-state index >= 15 is 0 Å². The number of nitrogens with one attached hydrogen (secondary N) is 1. The number of aryl methyl sites for hydroxylation is 1. The summed E-state index contributed by atoms with van der Waals surface area (Å²) in [5.74, 6) is -0.187. The zero-order valence-electron chi connectivity index (χ0n) is 9.99. The fraction of sp³-hybridized carbons (Fsp3) is 0.462. The topological polar surface area (TPSA) is 75.4 Å². The second-order valence-corrected chi connectivity index (χ2v) is 4.76. The molecule has 0 aliphatic heterocycles. The number of hydrogen-bond donors (Lipinski definition) is 3. The number of amides is 1. The molecule has 0 aromatic heterocycles. The molecule has 4 heteroatoms. The summed E-state index contributed by atoms with van der Waals surface area (Å²) in [6, 6.07) is 5.16. The average molecular weight is 234 g/mol. The third kappa shape index (κ3) is 2.13. The van der Waals surface area contributed by atoms with E-state index in [1.54, 1.807) is 25.1 Å². The molecule has 2 rings (SSSR count). The zero-order valence-corrected chi connectivity index (χ0v) is 9.99. The summed E-state index contributed by atoms with van der Waals surface area (Å²) < 4.78 is 0. The predicted octanol–water partition coefficient (Wildman–Crippen LogP) is 1.31. The van der Waals surface area contributed by atoms with Crippen molar-refractivity contribution in [1.29, 1.82) is 0 Å². The fourth-order valence-electron chi connectivity index (χ4n) is 2.13. The highest BCUT2D eigenvalue weighted by Gasteiger charge is 2.37. The summed E-state index contributed by atoms with van der Waals surface area (Å²) in [5.41, 5.74) is 6.45. The molecule has 0 spiro atoms. The van der Waals surface area contributed by atoms with Crippen LogP contribution >= 0.6 is 0 Å². The van der Waals surface area contributed by atoms with Gasteiger partial charge < -0.3 is 16.2 Å². The number of benzene rings is 1. The number of carbonyl (C=O) groups is 1. The van der Waals surface area contributed by atoms with E-state index in [1.165, 1.54) is 0 Å². The van der Waals surface area contributed by atoms with Crippen molar-refractivity contribution in [3.8, 4) is 5.75 Å². The summed E-state index contributed by atoms with van der Waals surface area (Å²) in [6.07, 6.45) is 2.93. The van der Waals surface area contributed by atoms with Gasteiger partial charge in [-0.3, -0.25) is 4.79 Å². The lowest BCUT2D eigenvalue weighted by Gasteiger charge is -2.41. The summed E-state index contributed by atoms with van der Waals surface area (Å²) in [6.45, 7) is 2.22. The van der Waals surface area contributed by atoms with Crippen LogP contribution in [0.2, 0.25) is 0 Å². The Kier molecular flexibility index (Phi) is 3.07. The van der Waals surface area contributed by atoms with Crippen LogP contribution in [0.25, 0.3) is 0 Å². The number of phenols is 1. The minimum atomic E-state index is -0.257. The van der Waals surface area contributed by atoms with Gasteiger partial charge in [0.15, 0.2) is 0 Å². The Bertz CT molecular complexity index is 434. The van der Waals surface area contributed by atoms with Crippen LogP contribution in [0.5, 0.6) is 5.75 Å². The molecule has 4 N–H and O–H groups in total. The summed E-state index contributed by atoms with van der Waals surface area (Å²) in [5, 5.41) is 12.8. The van der Waals surface area contributed by atoms with Crippen LogP contribution in [0.1, 0.15) is 35.2 Å². The van der Waals surface area contributed by atoms with E-state index in [-0.39, 0.29) is 17.2 Å². The van der Waals surface area contributed by atoms with Gasteiger partial charge >= 0.3 is 0 Å². The first kappa shape index (κ1) is 11.9.